The highest BCUT2D eigenvalue weighted by Gasteiger charge is 2.25. The number of benzene rings is 1. The molecular formula is C13H14N2O2S. The molecule has 18 heavy (non-hydrogen) atoms. The van der Waals surface area contributed by atoms with Crippen molar-refractivity contribution < 1.29 is 9.59 Å². The predicted octanol–water partition coefficient (Wildman–Crippen LogP) is 1.75. The smallest absolute Gasteiger partial charge is 0.233 e. The van der Waals surface area contributed by atoms with Gasteiger partial charge in [-0.05, 0) is 37.1 Å². The third-order valence-corrected chi connectivity index (χ3v) is 3.18. The van der Waals surface area contributed by atoms with Crippen LogP contribution in [0.15, 0.2) is 24.3 Å². The normalized spacial score (nSPS) is 16.6. The van der Waals surface area contributed by atoms with Crippen LogP contribution in [0.4, 0.5) is 5.69 Å². The highest BCUT2D eigenvalue weighted by atomic mass is 32.1. The molecule has 4 nitrogen and oxygen atoms in total. The molecule has 0 atom stereocenters. The fourth-order valence-corrected chi connectivity index (χ4v) is 2.11. The Hall–Kier alpha value is -1.75. The van der Waals surface area contributed by atoms with Crippen LogP contribution in [0.25, 0.3) is 0 Å². The van der Waals surface area contributed by atoms with Gasteiger partial charge in [0, 0.05) is 18.4 Å². The molecule has 0 bridgehead atoms. The molecule has 2 N–H and O–H groups in total. The van der Waals surface area contributed by atoms with Crippen molar-refractivity contribution in [3.63, 3.8) is 0 Å². The zero-order valence-electron chi connectivity index (χ0n) is 9.89. The van der Waals surface area contributed by atoms with Crippen LogP contribution < -0.4 is 10.6 Å². The monoisotopic (exact) mass is 262 g/mol. The van der Waals surface area contributed by atoms with Gasteiger partial charge in [-0.25, -0.2) is 0 Å². The third-order valence-electron chi connectivity index (χ3n) is 2.94. The Kier molecular flexibility index (Phi) is 3.72. The van der Waals surface area contributed by atoms with E-state index in [2.05, 4.69) is 0 Å². The first-order valence-corrected chi connectivity index (χ1v) is 6.26. The first kappa shape index (κ1) is 12.7. The first-order chi connectivity index (χ1) is 8.59. The molecule has 0 spiro atoms. The van der Waals surface area contributed by atoms with Gasteiger partial charge >= 0.3 is 0 Å². The molecule has 1 fully saturated rings. The zero-order valence-corrected chi connectivity index (χ0v) is 10.7. The van der Waals surface area contributed by atoms with Crippen molar-refractivity contribution in [2.24, 2.45) is 5.73 Å². The Labute approximate surface area is 111 Å². The Balaban J connectivity index is 2.30. The summed E-state index contributed by atoms with van der Waals surface area (Å²) in [6.07, 6.45) is 2.38. The fraction of sp³-hybridized carbons (Fsp3) is 0.308. The number of rotatable bonds is 2. The number of hydrogen-bond donors (Lipinski definition) is 1. The lowest BCUT2D eigenvalue weighted by atomic mass is 10.2. The summed E-state index contributed by atoms with van der Waals surface area (Å²) in [5.74, 6) is -0.277. The van der Waals surface area contributed by atoms with Crippen molar-refractivity contribution >= 4 is 34.7 Å². The van der Waals surface area contributed by atoms with Crippen LogP contribution in [0, 0.1) is 0 Å². The van der Waals surface area contributed by atoms with Crippen molar-refractivity contribution in [3.05, 3.63) is 29.8 Å². The first-order valence-electron chi connectivity index (χ1n) is 5.85. The molecule has 2 rings (SSSR count). The lowest BCUT2D eigenvalue weighted by Gasteiger charge is -2.18. The molecule has 0 aliphatic carbocycles. The molecule has 1 saturated heterocycles. The summed E-state index contributed by atoms with van der Waals surface area (Å²) in [7, 11) is 0. The van der Waals surface area contributed by atoms with Gasteiger partial charge in [-0.15, -0.1) is 0 Å². The van der Waals surface area contributed by atoms with Gasteiger partial charge in [-0.2, -0.15) is 0 Å². The highest BCUT2D eigenvalue weighted by molar-refractivity contribution is 7.80. The molecular weight excluding hydrogens is 248 g/mol. The summed E-state index contributed by atoms with van der Waals surface area (Å²) in [5, 5.41) is 0. The van der Waals surface area contributed by atoms with Crippen LogP contribution in [-0.4, -0.2) is 16.8 Å². The van der Waals surface area contributed by atoms with Gasteiger partial charge in [-0.1, -0.05) is 12.2 Å². The third kappa shape index (κ3) is 2.56. The second-order valence-electron chi connectivity index (χ2n) is 4.24. The van der Waals surface area contributed by atoms with Gasteiger partial charge in [0.25, 0.3) is 0 Å². The number of anilines is 1. The summed E-state index contributed by atoms with van der Waals surface area (Å²) in [6, 6.07) is 6.86. The fourth-order valence-electron chi connectivity index (χ4n) is 1.98. The van der Waals surface area contributed by atoms with Crippen molar-refractivity contribution in [1.29, 1.82) is 0 Å². The second kappa shape index (κ2) is 5.27. The topological polar surface area (TPSA) is 63.4 Å². The van der Waals surface area contributed by atoms with Gasteiger partial charge in [0.1, 0.15) is 4.99 Å². The molecule has 1 aromatic carbocycles. The predicted molar refractivity (Wildman–Crippen MR) is 73.3 cm³/mol. The van der Waals surface area contributed by atoms with Gasteiger partial charge in [0.05, 0.1) is 5.69 Å². The number of hydrogen-bond acceptors (Lipinski definition) is 3. The van der Waals surface area contributed by atoms with E-state index in [1.165, 1.54) is 4.90 Å². The average Bonchev–Trinajstić information content (AvgIpc) is 2.51. The number of nitrogens with zero attached hydrogens (tertiary/aromatic N) is 1. The van der Waals surface area contributed by atoms with E-state index < -0.39 is 0 Å². The van der Waals surface area contributed by atoms with Gasteiger partial charge in [-0.3, -0.25) is 14.5 Å². The molecule has 1 aliphatic heterocycles. The van der Waals surface area contributed by atoms with Crippen LogP contribution in [0.5, 0.6) is 0 Å². The molecule has 2 amide bonds. The summed E-state index contributed by atoms with van der Waals surface area (Å²) in [6.45, 7) is 0. The van der Waals surface area contributed by atoms with Crippen LogP contribution in [0.2, 0.25) is 0 Å². The van der Waals surface area contributed by atoms with Gasteiger partial charge in [0.15, 0.2) is 0 Å². The van der Waals surface area contributed by atoms with E-state index in [4.69, 9.17) is 18.0 Å². The number of carbonyl (C=O) groups excluding carboxylic acids is 2. The Bertz CT molecular complexity index is 478. The molecule has 0 unspecified atom stereocenters. The van der Waals surface area contributed by atoms with Crippen molar-refractivity contribution in [2.45, 2.75) is 25.7 Å². The molecule has 0 radical (unpaired) electrons. The lowest BCUT2D eigenvalue weighted by molar-refractivity contribution is -0.125. The average molecular weight is 262 g/mol. The largest absolute Gasteiger partial charge is 0.389 e. The minimum absolute atomic E-state index is 0.138. The van der Waals surface area contributed by atoms with E-state index in [0.717, 1.165) is 18.4 Å². The van der Waals surface area contributed by atoms with Crippen molar-refractivity contribution in [3.8, 4) is 0 Å². The van der Waals surface area contributed by atoms with Crippen LogP contribution >= 0.6 is 12.2 Å². The standard InChI is InChI=1S/C13H14N2O2S/c14-13(18)9-5-7-10(8-6-9)15-11(16)3-1-2-4-12(15)17/h5-8H,1-4H2,(H2,14,18). The van der Waals surface area contributed by atoms with E-state index in [0.29, 0.717) is 23.5 Å². The minimum atomic E-state index is -0.138. The molecule has 1 aromatic rings. The SMILES string of the molecule is NC(=S)c1ccc(N2C(=O)CCCCC2=O)cc1. The molecule has 0 saturated carbocycles. The van der Waals surface area contributed by atoms with Crippen molar-refractivity contribution in [2.75, 3.05) is 4.90 Å². The number of thiocarbonyl (C=S) groups is 1. The maximum absolute atomic E-state index is 11.9. The van der Waals surface area contributed by atoms with E-state index in [-0.39, 0.29) is 11.8 Å². The maximum atomic E-state index is 11.9. The summed E-state index contributed by atoms with van der Waals surface area (Å²) < 4.78 is 0. The molecule has 0 aromatic heterocycles. The summed E-state index contributed by atoms with van der Waals surface area (Å²) in [5.41, 5.74) is 6.82. The molecule has 5 heteroatoms. The highest BCUT2D eigenvalue weighted by Crippen LogP contribution is 2.21. The second-order valence-corrected chi connectivity index (χ2v) is 4.68. The van der Waals surface area contributed by atoms with E-state index >= 15 is 0 Å². The minimum Gasteiger partial charge on any atom is -0.389 e. The lowest BCUT2D eigenvalue weighted by Crippen LogP contribution is -2.35. The number of carbonyl (C=O) groups is 2. The molecule has 1 aliphatic rings. The Morgan fingerprint density at radius 2 is 1.56 bits per heavy atom. The number of amides is 2. The molecule has 94 valence electrons. The maximum Gasteiger partial charge on any atom is 0.233 e. The quantitative estimate of drug-likeness (QED) is 0.651. The van der Waals surface area contributed by atoms with E-state index in [9.17, 15) is 9.59 Å². The zero-order chi connectivity index (χ0) is 13.1. The van der Waals surface area contributed by atoms with E-state index in [1.54, 1.807) is 24.3 Å². The summed E-state index contributed by atoms with van der Waals surface area (Å²) in [4.78, 5) is 25.4. The van der Waals surface area contributed by atoms with Crippen molar-refractivity contribution in [1.82, 2.24) is 0 Å². The van der Waals surface area contributed by atoms with E-state index in [1.807, 2.05) is 0 Å². The number of imide groups is 1. The Morgan fingerprint density at radius 3 is 2.00 bits per heavy atom. The van der Waals surface area contributed by atoms with Crippen LogP contribution in [0.3, 0.4) is 0 Å². The van der Waals surface area contributed by atoms with Gasteiger partial charge < -0.3 is 5.73 Å². The van der Waals surface area contributed by atoms with Crippen LogP contribution in [-0.2, 0) is 9.59 Å². The van der Waals surface area contributed by atoms with Crippen LogP contribution in [0.1, 0.15) is 31.2 Å². The Morgan fingerprint density at radius 1 is 1.06 bits per heavy atom. The number of nitrogens with two attached hydrogens (primary N) is 1. The van der Waals surface area contributed by atoms with Gasteiger partial charge in [0.2, 0.25) is 11.8 Å². The summed E-state index contributed by atoms with van der Waals surface area (Å²) >= 11 is 4.86. The molecule has 1 heterocycles.